The second-order valence-electron chi connectivity index (χ2n) is 6.85. The Hall–Kier alpha value is -0.715. The summed E-state index contributed by atoms with van der Waals surface area (Å²) < 4.78 is 0. The summed E-state index contributed by atoms with van der Waals surface area (Å²) in [6, 6.07) is 11.4. The largest absolute Gasteiger partial charge is 0.119 e. The monoisotopic (exact) mass is 237 g/mol. The Balaban J connectivity index is 1.75. The maximum atomic E-state index is 2.76. The van der Waals surface area contributed by atoms with E-state index in [0.717, 1.165) is 35.3 Å². The third-order valence-electron chi connectivity index (χ3n) is 5.96. The molecule has 1 radical (unpaired) electrons. The maximum Gasteiger partial charge on any atom is 0.119 e. The van der Waals surface area contributed by atoms with Crippen molar-refractivity contribution in [3.8, 4) is 0 Å². The molecule has 0 spiro atoms. The van der Waals surface area contributed by atoms with E-state index < -0.39 is 0 Å². The van der Waals surface area contributed by atoms with Crippen LogP contribution in [-0.4, -0.2) is 7.28 Å². The van der Waals surface area contributed by atoms with E-state index >= 15 is 0 Å². The lowest BCUT2D eigenvalue weighted by Crippen LogP contribution is -2.14. The topological polar surface area (TPSA) is 0 Å². The molecule has 0 nitrogen and oxygen atoms in total. The molecule has 93 valence electrons. The van der Waals surface area contributed by atoms with Crippen LogP contribution in [0.2, 0.25) is 11.6 Å². The third kappa shape index (κ3) is 1.52. The highest BCUT2D eigenvalue weighted by atomic mass is 14.5. The number of benzene rings is 1. The molecule has 1 heterocycles. The molecule has 2 bridgehead atoms. The van der Waals surface area contributed by atoms with Gasteiger partial charge in [-0.2, -0.15) is 0 Å². The van der Waals surface area contributed by atoms with Crippen LogP contribution < -0.4 is 0 Å². The van der Waals surface area contributed by atoms with Crippen LogP contribution in [0.1, 0.15) is 44.1 Å². The molecule has 1 aliphatic heterocycles. The molecule has 6 unspecified atom stereocenters. The Kier molecular flexibility index (Phi) is 2.57. The van der Waals surface area contributed by atoms with Gasteiger partial charge in [0.2, 0.25) is 0 Å². The van der Waals surface area contributed by atoms with E-state index in [4.69, 9.17) is 0 Å². The van der Waals surface area contributed by atoms with Crippen LogP contribution in [0.4, 0.5) is 0 Å². The molecule has 6 atom stereocenters. The van der Waals surface area contributed by atoms with Crippen molar-refractivity contribution in [3.63, 3.8) is 0 Å². The van der Waals surface area contributed by atoms with Gasteiger partial charge in [0, 0.05) is 0 Å². The minimum absolute atomic E-state index is 0.841. The van der Waals surface area contributed by atoms with Crippen LogP contribution in [0, 0.1) is 17.8 Å². The average molecular weight is 237 g/mol. The fraction of sp³-hybridized carbons (Fsp3) is 0.647. The first kappa shape index (κ1) is 11.1. The zero-order valence-electron chi connectivity index (χ0n) is 11.3. The molecule has 1 saturated heterocycles. The minimum Gasteiger partial charge on any atom is -0.0629 e. The SMILES string of the molecule is CC1CC2CCCC3[B]C1C2C3c1ccccc1. The van der Waals surface area contributed by atoms with Crippen molar-refractivity contribution in [1.82, 2.24) is 0 Å². The van der Waals surface area contributed by atoms with Crippen molar-refractivity contribution >= 4 is 7.28 Å². The molecule has 2 aliphatic carbocycles. The zero-order chi connectivity index (χ0) is 12.1. The molecule has 3 fully saturated rings. The summed E-state index contributed by atoms with van der Waals surface area (Å²) in [4.78, 5) is 0. The van der Waals surface area contributed by atoms with Crippen LogP contribution in [0.5, 0.6) is 0 Å². The van der Waals surface area contributed by atoms with Gasteiger partial charge in [-0.25, -0.2) is 0 Å². The Morgan fingerprint density at radius 2 is 1.94 bits per heavy atom. The number of hydrogen-bond donors (Lipinski definition) is 0. The Morgan fingerprint density at radius 1 is 1.11 bits per heavy atom. The molecule has 1 aromatic carbocycles. The lowest BCUT2D eigenvalue weighted by atomic mass is 9.55. The molecule has 1 aromatic rings. The fourth-order valence-electron chi connectivity index (χ4n) is 5.37. The van der Waals surface area contributed by atoms with E-state index in [1.165, 1.54) is 25.7 Å². The van der Waals surface area contributed by atoms with Crippen molar-refractivity contribution in [2.75, 3.05) is 0 Å². The van der Waals surface area contributed by atoms with Crippen molar-refractivity contribution in [1.29, 1.82) is 0 Å². The molecular formula is C17H22B. The van der Waals surface area contributed by atoms with Crippen molar-refractivity contribution < 1.29 is 0 Å². The van der Waals surface area contributed by atoms with Gasteiger partial charge in [0.1, 0.15) is 7.28 Å². The van der Waals surface area contributed by atoms with Crippen molar-refractivity contribution in [3.05, 3.63) is 35.9 Å². The molecule has 18 heavy (non-hydrogen) atoms. The Morgan fingerprint density at radius 3 is 2.78 bits per heavy atom. The summed E-state index contributed by atoms with van der Waals surface area (Å²) in [5.74, 6) is 5.55. The molecular weight excluding hydrogens is 215 g/mol. The number of hydrogen-bond acceptors (Lipinski definition) is 0. The fourth-order valence-corrected chi connectivity index (χ4v) is 5.37. The van der Waals surface area contributed by atoms with E-state index in [2.05, 4.69) is 44.5 Å². The quantitative estimate of drug-likeness (QED) is 0.630. The Bertz CT molecular complexity index is 426. The van der Waals surface area contributed by atoms with Crippen LogP contribution in [0.25, 0.3) is 0 Å². The lowest BCUT2D eigenvalue weighted by Gasteiger charge is -2.26. The summed E-state index contributed by atoms with van der Waals surface area (Å²) in [7, 11) is 2.76. The van der Waals surface area contributed by atoms with Gasteiger partial charge in [-0.05, 0) is 35.7 Å². The van der Waals surface area contributed by atoms with Gasteiger partial charge in [0.05, 0.1) is 0 Å². The molecule has 4 rings (SSSR count). The molecule has 3 aliphatic rings. The highest BCUT2D eigenvalue weighted by Crippen LogP contribution is 2.64. The van der Waals surface area contributed by atoms with E-state index in [9.17, 15) is 0 Å². The lowest BCUT2D eigenvalue weighted by molar-refractivity contribution is 0.345. The zero-order valence-corrected chi connectivity index (χ0v) is 11.3. The molecule has 0 aromatic heterocycles. The normalized spacial score (nSPS) is 45.6. The van der Waals surface area contributed by atoms with Crippen LogP contribution in [-0.2, 0) is 0 Å². The number of fused-ring (bicyclic) bond motifs is 1. The van der Waals surface area contributed by atoms with Crippen LogP contribution in [0.3, 0.4) is 0 Å². The molecule has 1 heteroatoms. The second-order valence-corrected chi connectivity index (χ2v) is 6.85. The van der Waals surface area contributed by atoms with Crippen LogP contribution >= 0.6 is 0 Å². The van der Waals surface area contributed by atoms with Gasteiger partial charge in [-0.1, -0.05) is 68.2 Å². The highest BCUT2D eigenvalue weighted by Gasteiger charge is 2.54. The van der Waals surface area contributed by atoms with Crippen LogP contribution in [0.15, 0.2) is 30.3 Å². The molecule has 2 saturated carbocycles. The van der Waals surface area contributed by atoms with E-state index in [-0.39, 0.29) is 0 Å². The highest BCUT2D eigenvalue weighted by molar-refractivity contribution is 6.42. The number of rotatable bonds is 1. The average Bonchev–Trinajstić information content (AvgIpc) is 2.85. The summed E-state index contributed by atoms with van der Waals surface area (Å²) >= 11 is 0. The predicted octanol–water partition coefficient (Wildman–Crippen LogP) is 4.52. The second kappa shape index (κ2) is 4.15. The van der Waals surface area contributed by atoms with E-state index in [1.54, 1.807) is 5.56 Å². The minimum atomic E-state index is 0.841. The van der Waals surface area contributed by atoms with E-state index in [1.807, 2.05) is 0 Å². The van der Waals surface area contributed by atoms with Crippen molar-refractivity contribution in [2.45, 2.75) is 50.2 Å². The van der Waals surface area contributed by atoms with Gasteiger partial charge in [0.25, 0.3) is 0 Å². The van der Waals surface area contributed by atoms with Gasteiger partial charge >= 0.3 is 0 Å². The maximum absolute atomic E-state index is 2.76. The van der Waals surface area contributed by atoms with Gasteiger partial charge in [-0.3, -0.25) is 0 Å². The first-order chi connectivity index (χ1) is 8.84. The summed E-state index contributed by atoms with van der Waals surface area (Å²) in [6.45, 7) is 2.49. The summed E-state index contributed by atoms with van der Waals surface area (Å²) in [5.41, 5.74) is 1.62. The van der Waals surface area contributed by atoms with Gasteiger partial charge in [-0.15, -0.1) is 0 Å². The van der Waals surface area contributed by atoms with Gasteiger partial charge < -0.3 is 0 Å². The first-order valence-electron chi connectivity index (χ1n) is 7.74. The van der Waals surface area contributed by atoms with E-state index in [0.29, 0.717) is 0 Å². The predicted molar refractivity (Wildman–Crippen MR) is 77.0 cm³/mol. The standard InChI is InChI=1S/C17H22B/c1-11-10-13-8-5-9-14-15(16(13)17(11)18-14)12-6-3-2-4-7-12/h2-4,6-7,11,13-17H,5,8-10H2,1H3. The Labute approximate surface area is 111 Å². The van der Waals surface area contributed by atoms with Gasteiger partial charge in [0.15, 0.2) is 0 Å². The molecule has 0 N–H and O–H groups in total. The summed E-state index contributed by atoms with van der Waals surface area (Å²) in [5, 5.41) is 0. The summed E-state index contributed by atoms with van der Waals surface area (Å²) in [6.07, 6.45) is 5.89. The third-order valence-corrected chi connectivity index (χ3v) is 5.96. The molecule has 0 amide bonds. The van der Waals surface area contributed by atoms with Crippen molar-refractivity contribution in [2.24, 2.45) is 17.8 Å². The first-order valence-corrected chi connectivity index (χ1v) is 7.74. The smallest absolute Gasteiger partial charge is 0.0629 e.